The van der Waals surface area contributed by atoms with E-state index in [9.17, 15) is 9.59 Å². The minimum Gasteiger partial charge on any atom is -0.480 e. The molecule has 1 aromatic carbocycles. The summed E-state index contributed by atoms with van der Waals surface area (Å²) in [5.74, 6) is -0.532. The second kappa shape index (κ2) is 11.0. The maximum absolute atomic E-state index is 16.0. The van der Waals surface area contributed by atoms with Crippen LogP contribution in [0.15, 0.2) is 36.9 Å². The van der Waals surface area contributed by atoms with Gasteiger partial charge in [-0.15, -0.1) is 0 Å². The molecule has 0 saturated carbocycles. The number of carbonyl (C=O) groups excluding carboxylic acids is 2. The molecule has 1 unspecified atom stereocenters. The molecule has 3 aromatic rings. The van der Waals surface area contributed by atoms with Crippen LogP contribution in [0.4, 0.5) is 25.5 Å². The Bertz CT molecular complexity index is 1600. The highest BCUT2D eigenvalue weighted by Gasteiger charge is 2.38. The number of ether oxygens (including phenoxy) is 3. The zero-order chi connectivity index (χ0) is 31.3. The Hall–Kier alpha value is -4.48. The van der Waals surface area contributed by atoms with Gasteiger partial charge in [-0.3, -0.25) is 4.68 Å². The van der Waals surface area contributed by atoms with Gasteiger partial charge in [0.25, 0.3) is 0 Å². The number of benzene rings is 1. The van der Waals surface area contributed by atoms with Gasteiger partial charge in [-0.05, 0) is 78.2 Å². The van der Waals surface area contributed by atoms with Crippen molar-refractivity contribution in [2.45, 2.75) is 72.2 Å². The summed E-state index contributed by atoms with van der Waals surface area (Å²) >= 11 is 0. The maximum atomic E-state index is 16.0. The number of anilines is 2. The third-order valence-electron chi connectivity index (χ3n) is 6.83. The summed E-state index contributed by atoms with van der Waals surface area (Å²) in [6, 6.07) is 3.09. The lowest BCUT2D eigenvalue weighted by atomic mass is 9.98. The molecule has 0 fully saturated rings. The summed E-state index contributed by atoms with van der Waals surface area (Å²) in [6.45, 7) is 13.2. The molecule has 11 nitrogen and oxygen atoms in total. The van der Waals surface area contributed by atoms with Crippen molar-refractivity contribution in [3.8, 4) is 17.0 Å². The van der Waals surface area contributed by atoms with Gasteiger partial charge in [-0.2, -0.15) is 5.10 Å². The van der Waals surface area contributed by atoms with E-state index in [2.05, 4.69) is 15.1 Å². The van der Waals surface area contributed by atoms with E-state index >= 15 is 4.39 Å². The zero-order valence-corrected chi connectivity index (χ0v) is 25.8. The lowest BCUT2D eigenvalue weighted by Gasteiger charge is -2.30. The number of carbonyl (C=O) groups is 2. The molecule has 0 spiro atoms. The Morgan fingerprint density at radius 1 is 1.02 bits per heavy atom. The van der Waals surface area contributed by atoms with Crippen LogP contribution in [0.2, 0.25) is 0 Å². The fourth-order valence-corrected chi connectivity index (χ4v) is 5.03. The highest BCUT2D eigenvalue weighted by Crippen LogP contribution is 2.48. The maximum Gasteiger partial charge on any atom is 0.420 e. The minimum atomic E-state index is -0.845. The fraction of sp³-hybridized carbons (Fsp3) is 0.452. The van der Waals surface area contributed by atoms with Gasteiger partial charge >= 0.3 is 12.2 Å². The number of halogens is 1. The second-order valence-electron chi connectivity index (χ2n) is 12.7. The highest BCUT2D eigenvalue weighted by molar-refractivity contribution is 5.99. The first-order valence-electron chi connectivity index (χ1n) is 14.2. The van der Waals surface area contributed by atoms with Crippen molar-refractivity contribution in [1.82, 2.24) is 24.6 Å². The van der Waals surface area contributed by atoms with Crippen molar-refractivity contribution < 1.29 is 28.2 Å². The molecule has 2 aliphatic heterocycles. The molecular weight excluding hydrogens is 555 g/mol. The summed E-state index contributed by atoms with van der Waals surface area (Å²) in [5.41, 5.74) is 1.75. The van der Waals surface area contributed by atoms with Crippen molar-refractivity contribution in [1.29, 1.82) is 0 Å². The Labute approximate surface area is 250 Å². The van der Waals surface area contributed by atoms with Crippen LogP contribution in [0.3, 0.4) is 0 Å². The van der Waals surface area contributed by atoms with Crippen molar-refractivity contribution in [2.24, 2.45) is 7.05 Å². The predicted octanol–water partition coefficient (Wildman–Crippen LogP) is 6.57. The Morgan fingerprint density at radius 3 is 2.33 bits per heavy atom. The van der Waals surface area contributed by atoms with Crippen molar-refractivity contribution in [3.05, 3.63) is 53.9 Å². The number of hydrogen-bond donors (Lipinski definition) is 0. The van der Waals surface area contributed by atoms with Gasteiger partial charge < -0.3 is 19.1 Å². The lowest BCUT2D eigenvalue weighted by Crippen LogP contribution is -2.39. The summed E-state index contributed by atoms with van der Waals surface area (Å²) < 4.78 is 35.1. The molecule has 0 aliphatic carbocycles. The van der Waals surface area contributed by atoms with Gasteiger partial charge in [0.15, 0.2) is 17.4 Å². The van der Waals surface area contributed by atoms with Crippen molar-refractivity contribution in [3.63, 3.8) is 0 Å². The van der Waals surface area contributed by atoms with Crippen LogP contribution in [0.25, 0.3) is 16.8 Å². The Kier molecular flexibility index (Phi) is 7.66. The van der Waals surface area contributed by atoms with Gasteiger partial charge in [0.05, 0.1) is 23.1 Å². The largest absolute Gasteiger partial charge is 0.480 e. The Morgan fingerprint density at radius 2 is 1.72 bits per heavy atom. The quantitative estimate of drug-likeness (QED) is 0.329. The standard InChI is InChI=1S/C31H37FN6O5/c1-18-24-25(21-15-35-36(8)16-21)33-17-34-27(24)38(29(40)43-31(5,6)7)23-14-20(13-22(32)26(23)41-18)19-9-11-37(12-10-19)28(39)42-30(2,3)4/h9,13-18H,10-12H2,1-8H3. The first-order valence-corrected chi connectivity index (χ1v) is 14.2. The first kappa shape index (κ1) is 30.0. The number of rotatable bonds is 2. The molecule has 5 rings (SSSR count). The Balaban J connectivity index is 1.61. The average Bonchev–Trinajstić information content (AvgIpc) is 3.28. The van der Waals surface area contributed by atoms with Gasteiger partial charge in [0, 0.05) is 31.9 Å². The SMILES string of the molecule is CC1Oc2c(F)cc(C3=CCN(C(=O)OC(C)(C)C)CC3)cc2N(C(=O)OC(C)(C)C)c2ncnc(-c3cnn(C)c3)c21. The number of aryl methyl sites for hydroxylation is 1. The van der Waals surface area contributed by atoms with E-state index < -0.39 is 35.3 Å². The highest BCUT2D eigenvalue weighted by atomic mass is 19.1. The van der Waals surface area contributed by atoms with Gasteiger partial charge in [0.1, 0.15) is 23.6 Å². The van der Waals surface area contributed by atoms with Crippen LogP contribution >= 0.6 is 0 Å². The van der Waals surface area contributed by atoms with E-state index in [0.29, 0.717) is 41.9 Å². The van der Waals surface area contributed by atoms with E-state index in [4.69, 9.17) is 14.2 Å². The number of amides is 2. The van der Waals surface area contributed by atoms with E-state index in [1.807, 2.05) is 26.8 Å². The monoisotopic (exact) mass is 592 g/mol. The molecule has 43 heavy (non-hydrogen) atoms. The summed E-state index contributed by atoms with van der Waals surface area (Å²) in [6.07, 6.45) is 5.25. The summed E-state index contributed by atoms with van der Waals surface area (Å²) in [4.78, 5) is 38.3. The zero-order valence-electron chi connectivity index (χ0n) is 25.8. The molecule has 0 N–H and O–H groups in total. The normalized spacial score (nSPS) is 16.9. The van der Waals surface area contributed by atoms with Gasteiger partial charge in [0.2, 0.25) is 0 Å². The molecule has 2 aromatic heterocycles. The third-order valence-corrected chi connectivity index (χ3v) is 6.83. The number of nitrogens with zero attached hydrogens (tertiary/aromatic N) is 6. The van der Waals surface area contributed by atoms with Gasteiger partial charge in [-0.1, -0.05) is 6.08 Å². The molecule has 228 valence electrons. The van der Waals surface area contributed by atoms with Crippen LogP contribution < -0.4 is 9.64 Å². The van der Waals surface area contributed by atoms with E-state index in [1.54, 1.807) is 62.8 Å². The summed E-state index contributed by atoms with van der Waals surface area (Å²) in [5, 5.41) is 4.26. The number of aromatic nitrogens is 4. The molecule has 4 heterocycles. The van der Waals surface area contributed by atoms with E-state index in [1.165, 1.54) is 17.3 Å². The summed E-state index contributed by atoms with van der Waals surface area (Å²) in [7, 11) is 1.79. The molecule has 12 heteroatoms. The van der Waals surface area contributed by atoms with Crippen LogP contribution in [0, 0.1) is 5.82 Å². The van der Waals surface area contributed by atoms with Gasteiger partial charge in [-0.25, -0.2) is 28.8 Å². The fourth-order valence-electron chi connectivity index (χ4n) is 5.03. The molecule has 1 atom stereocenters. The first-order chi connectivity index (χ1) is 20.1. The smallest absolute Gasteiger partial charge is 0.420 e. The number of fused-ring (bicyclic) bond motifs is 2. The molecule has 2 aliphatic rings. The molecule has 0 radical (unpaired) electrons. The van der Waals surface area contributed by atoms with Crippen molar-refractivity contribution in [2.75, 3.05) is 18.0 Å². The van der Waals surface area contributed by atoms with Crippen LogP contribution in [-0.2, 0) is 16.5 Å². The third kappa shape index (κ3) is 6.32. The topological polar surface area (TPSA) is 112 Å². The molecule has 2 amide bonds. The molecule has 0 saturated heterocycles. The van der Waals surface area contributed by atoms with E-state index in [-0.39, 0.29) is 17.3 Å². The minimum absolute atomic E-state index is 0.107. The van der Waals surface area contributed by atoms with Crippen LogP contribution in [0.5, 0.6) is 5.75 Å². The predicted molar refractivity (Wildman–Crippen MR) is 158 cm³/mol. The average molecular weight is 593 g/mol. The second-order valence-corrected chi connectivity index (χ2v) is 12.7. The van der Waals surface area contributed by atoms with Crippen LogP contribution in [0.1, 0.15) is 72.1 Å². The number of hydrogen-bond acceptors (Lipinski definition) is 8. The molecule has 0 bridgehead atoms. The lowest BCUT2D eigenvalue weighted by molar-refractivity contribution is 0.0270. The van der Waals surface area contributed by atoms with Crippen LogP contribution in [-0.4, -0.2) is 61.1 Å². The van der Waals surface area contributed by atoms with Crippen molar-refractivity contribution >= 4 is 29.3 Å². The van der Waals surface area contributed by atoms with E-state index in [0.717, 1.165) is 5.57 Å². The molecular formula is C31H37FN6O5.